The number of hydrogen-bond donors (Lipinski definition) is 1. The van der Waals surface area contributed by atoms with E-state index in [1.165, 1.54) is 12.8 Å². The van der Waals surface area contributed by atoms with Crippen molar-refractivity contribution in [2.75, 3.05) is 6.54 Å². The third-order valence-electron chi connectivity index (χ3n) is 4.91. The van der Waals surface area contributed by atoms with Gasteiger partial charge in [-0.25, -0.2) is 0 Å². The van der Waals surface area contributed by atoms with Crippen molar-refractivity contribution in [2.45, 2.75) is 38.8 Å². The van der Waals surface area contributed by atoms with Crippen LogP contribution in [0.15, 0.2) is 35.0 Å². The summed E-state index contributed by atoms with van der Waals surface area (Å²) in [5.74, 6) is 0.748. The standard InChI is InChI=1S/C19H20Cl2N4O/c1-12-9-17(26-24-12)14-10-22-23-19(14)16-7-2-3-8-25(16)11-13-5-4-6-15(20)18(13)21/h4-6,9-10,16H,2-3,7-8,11H2,1H3,(H,22,23). The molecule has 0 radical (unpaired) electrons. The van der Waals surface area contributed by atoms with Gasteiger partial charge in [0.25, 0.3) is 0 Å². The third kappa shape index (κ3) is 3.39. The molecule has 1 unspecified atom stereocenters. The van der Waals surface area contributed by atoms with Gasteiger partial charge in [-0.15, -0.1) is 0 Å². The maximum atomic E-state index is 6.41. The van der Waals surface area contributed by atoms with E-state index in [0.29, 0.717) is 10.0 Å². The predicted molar refractivity (Wildman–Crippen MR) is 102 cm³/mol. The lowest BCUT2D eigenvalue weighted by Crippen LogP contribution is -2.33. The lowest BCUT2D eigenvalue weighted by molar-refractivity contribution is 0.137. The minimum atomic E-state index is 0.224. The van der Waals surface area contributed by atoms with Gasteiger partial charge in [-0.05, 0) is 37.9 Å². The van der Waals surface area contributed by atoms with Crippen LogP contribution in [0, 0.1) is 6.92 Å². The first-order valence-electron chi connectivity index (χ1n) is 8.77. The summed E-state index contributed by atoms with van der Waals surface area (Å²) in [6.07, 6.45) is 5.22. The number of H-pyrrole nitrogens is 1. The van der Waals surface area contributed by atoms with E-state index in [-0.39, 0.29) is 6.04 Å². The van der Waals surface area contributed by atoms with Gasteiger partial charge in [-0.1, -0.05) is 46.9 Å². The van der Waals surface area contributed by atoms with E-state index in [2.05, 4.69) is 20.3 Å². The van der Waals surface area contributed by atoms with E-state index in [1.807, 2.05) is 37.4 Å². The lowest BCUT2D eigenvalue weighted by atomic mass is 9.95. The largest absolute Gasteiger partial charge is 0.356 e. The van der Waals surface area contributed by atoms with Crippen molar-refractivity contribution in [2.24, 2.45) is 0 Å². The molecule has 7 heteroatoms. The predicted octanol–water partition coefficient (Wildman–Crippen LogP) is 5.41. The molecule has 3 aromatic rings. The molecule has 1 aliphatic rings. The van der Waals surface area contributed by atoms with Gasteiger partial charge in [0.1, 0.15) is 0 Å². The number of nitrogens with zero attached hydrogens (tertiary/aromatic N) is 3. The summed E-state index contributed by atoms with van der Waals surface area (Å²) in [5.41, 5.74) is 3.94. The van der Waals surface area contributed by atoms with Crippen molar-refractivity contribution in [1.29, 1.82) is 0 Å². The molecule has 1 atom stereocenters. The van der Waals surface area contributed by atoms with Gasteiger partial charge in [0.05, 0.1) is 39.2 Å². The zero-order valence-electron chi connectivity index (χ0n) is 14.5. The van der Waals surface area contributed by atoms with Gasteiger partial charge in [-0.2, -0.15) is 5.10 Å². The van der Waals surface area contributed by atoms with Crippen LogP contribution in [0.2, 0.25) is 10.0 Å². The van der Waals surface area contributed by atoms with Gasteiger partial charge in [0.15, 0.2) is 5.76 Å². The molecule has 0 spiro atoms. The molecule has 2 aromatic heterocycles. The van der Waals surface area contributed by atoms with Crippen molar-refractivity contribution < 1.29 is 4.52 Å². The maximum Gasteiger partial charge on any atom is 0.170 e. The zero-order valence-corrected chi connectivity index (χ0v) is 16.0. The third-order valence-corrected chi connectivity index (χ3v) is 5.77. The Labute approximate surface area is 162 Å². The second kappa shape index (κ2) is 7.43. The summed E-state index contributed by atoms with van der Waals surface area (Å²) in [4.78, 5) is 2.43. The van der Waals surface area contributed by atoms with Gasteiger partial charge >= 0.3 is 0 Å². The fraction of sp³-hybridized carbons (Fsp3) is 0.368. The summed E-state index contributed by atoms with van der Waals surface area (Å²) in [7, 11) is 0. The molecular formula is C19H20Cl2N4O. The molecule has 4 rings (SSSR count). The monoisotopic (exact) mass is 390 g/mol. The number of aromatic nitrogens is 3. The Hall–Kier alpha value is -1.82. The number of benzene rings is 1. The van der Waals surface area contributed by atoms with Crippen LogP contribution in [-0.2, 0) is 6.54 Å². The van der Waals surface area contributed by atoms with E-state index in [4.69, 9.17) is 27.7 Å². The highest BCUT2D eigenvalue weighted by Gasteiger charge is 2.29. The molecule has 1 N–H and O–H groups in total. The summed E-state index contributed by atoms with van der Waals surface area (Å²) >= 11 is 12.6. The first-order valence-corrected chi connectivity index (χ1v) is 9.53. The normalized spacial score (nSPS) is 18.3. The van der Waals surface area contributed by atoms with E-state index in [1.54, 1.807) is 0 Å². The second-order valence-corrected chi connectivity index (χ2v) is 7.51. The van der Waals surface area contributed by atoms with Crippen LogP contribution >= 0.6 is 23.2 Å². The summed E-state index contributed by atoms with van der Waals surface area (Å²) < 4.78 is 5.46. The number of halogens is 2. The van der Waals surface area contributed by atoms with Crippen LogP contribution in [0.25, 0.3) is 11.3 Å². The second-order valence-electron chi connectivity index (χ2n) is 6.72. The van der Waals surface area contributed by atoms with Crippen LogP contribution in [0.3, 0.4) is 0 Å². The number of nitrogens with one attached hydrogen (secondary N) is 1. The Morgan fingerprint density at radius 2 is 2.19 bits per heavy atom. The Morgan fingerprint density at radius 1 is 1.31 bits per heavy atom. The van der Waals surface area contributed by atoms with Crippen molar-refractivity contribution in [3.05, 3.63) is 57.5 Å². The minimum absolute atomic E-state index is 0.224. The van der Waals surface area contributed by atoms with Crippen molar-refractivity contribution >= 4 is 23.2 Å². The Bertz CT molecular complexity index is 905. The topological polar surface area (TPSA) is 58.0 Å². The first-order chi connectivity index (χ1) is 12.6. The fourth-order valence-corrected chi connectivity index (χ4v) is 4.01. The van der Waals surface area contributed by atoms with Crippen molar-refractivity contribution in [1.82, 2.24) is 20.3 Å². The molecule has 1 fully saturated rings. The highest BCUT2D eigenvalue weighted by Crippen LogP contribution is 2.37. The van der Waals surface area contributed by atoms with Gasteiger partial charge in [0.2, 0.25) is 0 Å². The maximum absolute atomic E-state index is 6.41. The van der Waals surface area contributed by atoms with E-state index in [0.717, 1.165) is 47.8 Å². The Balaban J connectivity index is 1.65. The van der Waals surface area contributed by atoms with Gasteiger partial charge < -0.3 is 4.52 Å². The Kier molecular flexibility index (Phi) is 5.02. The molecule has 1 aliphatic heterocycles. The molecule has 0 aliphatic carbocycles. The molecule has 3 heterocycles. The summed E-state index contributed by atoms with van der Waals surface area (Å²) in [6, 6.07) is 7.96. The number of rotatable bonds is 4. The van der Waals surface area contributed by atoms with E-state index < -0.39 is 0 Å². The quantitative estimate of drug-likeness (QED) is 0.646. The molecule has 26 heavy (non-hydrogen) atoms. The number of aromatic amines is 1. The van der Waals surface area contributed by atoms with Crippen molar-refractivity contribution in [3.63, 3.8) is 0 Å². The van der Waals surface area contributed by atoms with E-state index in [9.17, 15) is 0 Å². The fourth-order valence-electron chi connectivity index (χ4n) is 3.63. The Morgan fingerprint density at radius 3 is 3.00 bits per heavy atom. The zero-order chi connectivity index (χ0) is 18.1. The van der Waals surface area contributed by atoms with Crippen LogP contribution in [0.5, 0.6) is 0 Å². The van der Waals surface area contributed by atoms with E-state index >= 15 is 0 Å². The molecule has 136 valence electrons. The molecule has 0 amide bonds. The number of piperidine rings is 1. The number of hydrogen-bond acceptors (Lipinski definition) is 4. The smallest absolute Gasteiger partial charge is 0.170 e. The number of aryl methyl sites for hydroxylation is 1. The summed E-state index contributed by atoms with van der Waals surface area (Å²) in [5, 5.41) is 12.7. The molecule has 1 saturated heterocycles. The van der Waals surface area contributed by atoms with Crippen LogP contribution in [-0.4, -0.2) is 26.8 Å². The molecule has 0 saturated carbocycles. The lowest BCUT2D eigenvalue weighted by Gasteiger charge is -2.35. The molecule has 0 bridgehead atoms. The van der Waals surface area contributed by atoms with Crippen LogP contribution < -0.4 is 0 Å². The van der Waals surface area contributed by atoms with Crippen LogP contribution in [0.4, 0.5) is 0 Å². The molecule has 1 aromatic carbocycles. The number of likely N-dealkylation sites (tertiary alicyclic amines) is 1. The highest BCUT2D eigenvalue weighted by atomic mass is 35.5. The summed E-state index contributed by atoms with van der Waals surface area (Å²) in [6.45, 7) is 3.67. The van der Waals surface area contributed by atoms with Crippen LogP contribution in [0.1, 0.15) is 42.3 Å². The SMILES string of the molecule is Cc1cc(-c2cn[nH]c2C2CCCCN2Cc2cccc(Cl)c2Cl)on1. The van der Waals surface area contributed by atoms with Gasteiger partial charge in [0, 0.05) is 12.6 Å². The minimum Gasteiger partial charge on any atom is -0.356 e. The van der Waals surface area contributed by atoms with Crippen molar-refractivity contribution in [3.8, 4) is 11.3 Å². The average Bonchev–Trinajstić information content (AvgIpc) is 3.28. The highest BCUT2D eigenvalue weighted by molar-refractivity contribution is 6.42. The van der Waals surface area contributed by atoms with Gasteiger partial charge in [-0.3, -0.25) is 10.00 Å². The molecule has 5 nitrogen and oxygen atoms in total. The molecular weight excluding hydrogens is 371 g/mol. The average molecular weight is 391 g/mol. The first kappa shape index (κ1) is 17.6.